The van der Waals surface area contributed by atoms with Gasteiger partial charge in [-0.05, 0) is 49.6 Å². The summed E-state index contributed by atoms with van der Waals surface area (Å²) in [7, 11) is 0. The summed E-state index contributed by atoms with van der Waals surface area (Å²) in [4.78, 5) is 16.4. The summed E-state index contributed by atoms with van der Waals surface area (Å²) in [6.45, 7) is 0. The van der Waals surface area contributed by atoms with Crippen LogP contribution in [0.1, 0.15) is 47.9 Å². The lowest BCUT2D eigenvalue weighted by Gasteiger charge is -2.26. The number of aliphatic hydroxyl groups is 1. The third kappa shape index (κ3) is 4.05. The molecule has 1 heterocycles. The Bertz CT molecular complexity index is 1170. The standard InChI is InChI=1S/C22H18Cl2F2N2O3/c23-14-5-2-6-17(18(14)26)28-20(11-7-8-16(25)15(24)10-11)19(22(30)31)27-21(28)12-3-1-4-13(29)9-12/h2,5-8,10,12-13,29H,1,3-4,9H2,(H,30,31). The Labute approximate surface area is 186 Å². The van der Waals surface area contributed by atoms with Gasteiger partial charge in [-0.2, -0.15) is 0 Å². The van der Waals surface area contributed by atoms with E-state index in [9.17, 15) is 19.4 Å². The van der Waals surface area contributed by atoms with Crippen LogP contribution in [0.4, 0.5) is 8.78 Å². The van der Waals surface area contributed by atoms with E-state index in [-0.39, 0.29) is 38.6 Å². The number of aliphatic hydroxyl groups excluding tert-OH is 1. The zero-order chi connectivity index (χ0) is 22.3. The zero-order valence-electron chi connectivity index (χ0n) is 16.2. The van der Waals surface area contributed by atoms with Crippen LogP contribution in [0.15, 0.2) is 36.4 Å². The van der Waals surface area contributed by atoms with Crippen molar-refractivity contribution in [1.82, 2.24) is 9.55 Å². The Kier molecular flexibility index (Phi) is 6.01. The molecule has 3 aromatic rings. The summed E-state index contributed by atoms with van der Waals surface area (Å²) < 4.78 is 30.3. The fourth-order valence-electron chi connectivity index (χ4n) is 4.08. The summed E-state index contributed by atoms with van der Waals surface area (Å²) in [5.41, 5.74) is 0.0130. The van der Waals surface area contributed by atoms with Crippen molar-refractivity contribution < 1.29 is 23.8 Å². The van der Waals surface area contributed by atoms with Crippen LogP contribution in [0.25, 0.3) is 16.9 Å². The van der Waals surface area contributed by atoms with Gasteiger partial charge in [0.1, 0.15) is 11.6 Å². The minimum atomic E-state index is -1.32. The van der Waals surface area contributed by atoms with E-state index < -0.39 is 23.7 Å². The van der Waals surface area contributed by atoms with E-state index in [1.54, 1.807) is 6.07 Å². The molecule has 0 radical (unpaired) electrons. The zero-order valence-corrected chi connectivity index (χ0v) is 17.7. The van der Waals surface area contributed by atoms with Gasteiger partial charge in [0.2, 0.25) is 0 Å². The third-order valence-corrected chi connectivity index (χ3v) is 6.06. The second-order valence-corrected chi connectivity index (χ2v) is 8.34. The highest BCUT2D eigenvalue weighted by molar-refractivity contribution is 6.31. The molecule has 0 saturated heterocycles. The van der Waals surface area contributed by atoms with Crippen molar-refractivity contribution in [3.8, 4) is 16.9 Å². The predicted molar refractivity (Wildman–Crippen MR) is 113 cm³/mol. The highest BCUT2D eigenvalue weighted by Gasteiger charge is 2.32. The van der Waals surface area contributed by atoms with Crippen molar-refractivity contribution in [1.29, 1.82) is 0 Å². The second kappa shape index (κ2) is 8.57. The number of imidazole rings is 1. The first-order chi connectivity index (χ1) is 14.8. The molecule has 4 rings (SSSR count). The highest BCUT2D eigenvalue weighted by atomic mass is 35.5. The molecule has 9 heteroatoms. The number of carboxylic acid groups (broad SMARTS) is 1. The molecule has 2 unspecified atom stereocenters. The predicted octanol–water partition coefficient (Wildman–Crippen LogP) is 5.84. The number of benzene rings is 2. The number of carboxylic acids is 1. The molecule has 1 aliphatic carbocycles. The second-order valence-electron chi connectivity index (χ2n) is 7.53. The first-order valence-electron chi connectivity index (χ1n) is 9.71. The van der Waals surface area contributed by atoms with Gasteiger partial charge in [-0.15, -0.1) is 0 Å². The number of halogens is 4. The molecule has 5 nitrogen and oxygen atoms in total. The average molecular weight is 467 g/mol. The van der Waals surface area contributed by atoms with E-state index in [1.165, 1.54) is 28.8 Å². The Morgan fingerprint density at radius 3 is 2.58 bits per heavy atom. The Hall–Kier alpha value is -2.48. The normalized spacial score (nSPS) is 18.9. The molecule has 31 heavy (non-hydrogen) atoms. The molecule has 1 saturated carbocycles. The first kappa shape index (κ1) is 21.7. The maximum Gasteiger partial charge on any atom is 0.356 e. The number of rotatable bonds is 4. The summed E-state index contributed by atoms with van der Waals surface area (Å²) in [5, 5.41) is 19.7. The molecule has 0 amide bonds. The van der Waals surface area contributed by atoms with Crippen molar-refractivity contribution >= 4 is 29.2 Å². The van der Waals surface area contributed by atoms with E-state index in [2.05, 4.69) is 4.98 Å². The van der Waals surface area contributed by atoms with E-state index >= 15 is 4.39 Å². The van der Waals surface area contributed by atoms with Crippen molar-refractivity contribution in [3.63, 3.8) is 0 Å². The maximum absolute atomic E-state index is 15.1. The van der Waals surface area contributed by atoms with Crippen molar-refractivity contribution in [2.45, 2.75) is 37.7 Å². The SMILES string of the molecule is O=C(O)c1nc(C2CCCC(O)C2)n(-c2cccc(Cl)c2F)c1-c1ccc(F)c(Cl)c1. The monoisotopic (exact) mass is 466 g/mol. The number of aromatic carboxylic acids is 1. The van der Waals surface area contributed by atoms with E-state index in [1.807, 2.05) is 0 Å². The molecule has 0 bridgehead atoms. The van der Waals surface area contributed by atoms with Gasteiger partial charge < -0.3 is 10.2 Å². The molecule has 2 N–H and O–H groups in total. The highest BCUT2D eigenvalue weighted by Crippen LogP contribution is 2.39. The maximum atomic E-state index is 15.1. The number of nitrogens with zero attached hydrogens (tertiary/aromatic N) is 2. The Morgan fingerprint density at radius 1 is 1.13 bits per heavy atom. The van der Waals surface area contributed by atoms with E-state index in [0.717, 1.165) is 12.5 Å². The molecule has 0 aliphatic heterocycles. The molecule has 2 aromatic carbocycles. The van der Waals surface area contributed by atoms with Gasteiger partial charge in [-0.3, -0.25) is 4.57 Å². The lowest BCUT2D eigenvalue weighted by atomic mass is 9.86. The minimum Gasteiger partial charge on any atom is -0.476 e. The third-order valence-electron chi connectivity index (χ3n) is 5.48. The van der Waals surface area contributed by atoms with Crippen LogP contribution >= 0.6 is 23.2 Å². The van der Waals surface area contributed by atoms with Gasteiger partial charge in [0, 0.05) is 11.5 Å². The summed E-state index contributed by atoms with van der Waals surface area (Å²) in [6.07, 6.45) is 1.80. The molecule has 1 fully saturated rings. The van der Waals surface area contributed by atoms with E-state index in [0.29, 0.717) is 25.1 Å². The van der Waals surface area contributed by atoms with Crippen LogP contribution in [0.2, 0.25) is 10.0 Å². The van der Waals surface area contributed by atoms with Gasteiger partial charge in [-0.25, -0.2) is 18.6 Å². The Balaban J connectivity index is 2.05. The van der Waals surface area contributed by atoms with Gasteiger partial charge in [0.25, 0.3) is 0 Å². The quantitative estimate of drug-likeness (QED) is 0.506. The van der Waals surface area contributed by atoms with Gasteiger partial charge in [-0.1, -0.05) is 35.7 Å². The fourth-order valence-corrected chi connectivity index (χ4v) is 4.43. The lowest BCUT2D eigenvalue weighted by Crippen LogP contribution is -2.21. The van der Waals surface area contributed by atoms with Crippen LogP contribution in [-0.2, 0) is 0 Å². The molecular formula is C22H18Cl2F2N2O3. The molecular weight excluding hydrogens is 449 g/mol. The number of hydrogen-bond donors (Lipinski definition) is 2. The minimum absolute atomic E-state index is 0.0120. The summed E-state index contributed by atoms with van der Waals surface area (Å²) in [6, 6.07) is 8.14. The molecule has 2 atom stereocenters. The summed E-state index contributed by atoms with van der Waals surface area (Å²) in [5.74, 6) is -2.74. The van der Waals surface area contributed by atoms with Gasteiger partial charge >= 0.3 is 5.97 Å². The number of hydrogen-bond acceptors (Lipinski definition) is 3. The van der Waals surface area contributed by atoms with Crippen LogP contribution in [0, 0.1) is 11.6 Å². The fraction of sp³-hybridized carbons (Fsp3) is 0.273. The smallest absolute Gasteiger partial charge is 0.356 e. The average Bonchev–Trinajstić information content (AvgIpc) is 3.13. The van der Waals surface area contributed by atoms with Crippen molar-refractivity contribution in [2.75, 3.05) is 0 Å². The van der Waals surface area contributed by atoms with Crippen LogP contribution in [-0.4, -0.2) is 31.8 Å². The van der Waals surface area contributed by atoms with E-state index in [4.69, 9.17) is 23.2 Å². The largest absolute Gasteiger partial charge is 0.476 e. The van der Waals surface area contributed by atoms with Crippen molar-refractivity contribution in [3.05, 3.63) is 69.6 Å². The van der Waals surface area contributed by atoms with Crippen LogP contribution in [0.5, 0.6) is 0 Å². The number of aromatic nitrogens is 2. The topological polar surface area (TPSA) is 75.3 Å². The van der Waals surface area contributed by atoms with Crippen LogP contribution in [0.3, 0.4) is 0 Å². The first-order valence-corrected chi connectivity index (χ1v) is 10.5. The number of carbonyl (C=O) groups is 1. The molecule has 0 spiro atoms. The Morgan fingerprint density at radius 2 is 1.90 bits per heavy atom. The van der Waals surface area contributed by atoms with Gasteiger partial charge in [0.05, 0.1) is 27.5 Å². The van der Waals surface area contributed by atoms with Gasteiger partial charge in [0.15, 0.2) is 11.5 Å². The molecule has 1 aromatic heterocycles. The lowest BCUT2D eigenvalue weighted by molar-refractivity contribution is 0.0691. The van der Waals surface area contributed by atoms with Crippen LogP contribution < -0.4 is 0 Å². The van der Waals surface area contributed by atoms with Crippen molar-refractivity contribution in [2.24, 2.45) is 0 Å². The summed E-state index contributed by atoms with van der Waals surface area (Å²) >= 11 is 11.9. The molecule has 162 valence electrons. The molecule has 1 aliphatic rings.